The van der Waals surface area contributed by atoms with Crippen LogP contribution < -0.4 is 10.9 Å². The lowest BCUT2D eigenvalue weighted by molar-refractivity contribution is 0.102. The quantitative estimate of drug-likeness (QED) is 0.326. The summed E-state index contributed by atoms with van der Waals surface area (Å²) in [6.45, 7) is 3.82. The van der Waals surface area contributed by atoms with Crippen LogP contribution in [0.4, 0.5) is 5.82 Å². The van der Waals surface area contributed by atoms with Gasteiger partial charge in [0.05, 0.1) is 23.1 Å². The Bertz CT molecular complexity index is 1620. The average molecular weight is 506 g/mol. The van der Waals surface area contributed by atoms with E-state index in [2.05, 4.69) is 25.5 Å². The number of anilines is 1. The third-order valence-corrected chi connectivity index (χ3v) is 6.37. The summed E-state index contributed by atoms with van der Waals surface area (Å²) in [6, 6.07) is 16.2. The zero-order valence-electron chi connectivity index (χ0n) is 18.8. The minimum Gasteiger partial charge on any atom is -0.306 e. The molecule has 0 saturated carbocycles. The highest BCUT2D eigenvalue weighted by Crippen LogP contribution is 2.24. The Balaban J connectivity index is 1.57. The van der Waals surface area contributed by atoms with Crippen LogP contribution in [0.15, 0.2) is 70.5 Å². The fraction of sp³-hybridized carbons (Fsp3) is 0.125. The van der Waals surface area contributed by atoms with Crippen molar-refractivity contribution < 1.29 is 4.79 Å². The van der Waals surface area contributed by atoms with E-state index in [0.29, 0.717) is 38.8 Å². The van der Waals surface area contributed by atoms with Crippen LogP contribution in [0.5, 0.6) is 0 Å². The van der Waals surface area contributed by atoms with Gasteiger partial charge in [-0.1, -0.05) is 36.7 Å². The lowest BCUT2D eigenvalue weighted by Crippen LogP contribution is -2.19. The molecule has 3 aromatic heterocycles. The summed E-state index contributed by atoms with van der Waals surface area (Å²) in [4.78, 5) is 34.2. The third kappa shape index (κ3) is 4.45. The Morgan fingerprint density at radius 3 is 2.77 bits per heavy atom. The van der Waals surface area contributed by atoms with Gasteiger partial charge in [0.2, 0.25) is 5.95 Å². The molecule has 0 spiro atoms. The molecule has 5 aromatic rings. The van der Waals surface area contributed by atoms with Crippen molar-refractivity contribution in [3.63, 3.8) is 0 Å². The van der Waals surface area contributed by atoms with Crippen molar-refractivity contribution in [2.75, 3.05) is 11.1 Å². The van der Waals surface area contributed by atoms with Crippen LogP contribution >= 0.6 is 23.4 Å². The monoisotopic (exact) mass is 505 g/mol. The van der Waals surface area contributed by atoms with E-state index in [1.165, 1.54) is 15.6 Å². The highest BCUT2D eigenvalue weighted by atomic mass is 35.5. The first kappa shape index (κ1) is 22.9. The molecule has 0 fully saturated rings. The lowest BCUT2D eigenvalue weighted by atomic mass is 10.2. The van der Waals surface area contributed by atoms with Crippen LogP contribution in [0.3, 0.4) is 0 Å². The Morgan fingerprint density at radius 2 is 1.97 bits per heavy atom. The second kappa shape index (κ2) is 9.40. The van der Waals surface area contributed by atoms with Gasteiger partial charge in [0.1, 0.15) is 11.2 Å². The maximum absolute atomic E-state index is 13.1. The van der Waals surface area contributed by atoms with Crippen molar-refractivity contribution in [3.8, 4) is 11.6 Å². The van der Waals surface area contributed by atoms with E-state index in [-0.39, 0.29) is 17.4 Å². The van der Waals surface area contributed by atoms with Crippen LogP contribution in [-0.4, -0.2) is 41.2 Å². The number of hydrogen-bond acceptors (Lipinski definition) is 6. The molecule has 2 aromatic carbocycles. The second-order valence-electron chi connectivity index (χ2n) is 7.63. The third-order valence-electron chi connectivity index (χ3n) is 5.18. The number of amides is 1. The van der Waals surface area contributed by atoms with Gasteiger partial charge < -0.3 is 5.32 Å². The van der Waals surface area contributed by atoms with Gasteiger partial charge >= 0.3 is 0 Å². The smallest absolute Gasteiger partial charge is 0.263 e. The molecule has 0 saturated heterocycles. The Hall–Kier alpha value is -3.89. The van der Waals surface area contributed by atoms with Crippen LogP contribution in [0.2, 0.25) is 5.02 Å². The topological polar surface area (TPSA) is 110 Å². The molecular formula is C24H20ClN7O2S. The molecule has 35 heavy (non-hydrogen) atoms. The first-order valence-corrected chi connectivity index (χ1v) is 12.1. The van der Waals surface area contributed by atoms with Gasteiger partial charge in [-0.3, -0.25) is 14.6 Å². The minimum absolute atomic E-state index is 0.144. The number of fused-ring (bicyclic) bond motifs is 1. The Morgan fingerprint density at radius 1 is 1.14 bits per heavy atom. The zero-order chi connectivity index (χ0) is 24.5. The van der Waals surface area contributed by atoms with Gasteiger partial charge in [-0.25, -0.2) is 4.68 Å². The number of hydrogen-bond donors (Lipinski definition) is 2. The highest BCUT2D eigenvalue weighted by molar-refractivity contribution is 7.99. The maximum Gasteiger partial charge on any atom is 0.263 e. The van der Waals surface area contributed by atoms with Gasteiger partial charge in [-0.2, -0.15) is 19.9 Å². The number of H-pyrrole nitrogens is 1. The fourth-order valence-corrected chi connectivity index (χ4v) is 4.66. The van der Waals surface area contributed by atoms with Crippen LogP contribution in [0.25, 0.3) is 22.7 Å². The molecule has 0 bridgehead atoms. The number of benzene rings is 2. The molecule has 0 aliphatic carbocycles. The predicted molar refractivity (Wildman–Crippen MR) is 137 cm³/mol. The van der Waals surface area contributed by atoms with E-state index >= 15 is 0 Å². The molecule has 0 radical (unpaired) electrons. The minimum atomic E-state index is -0.381. The molecule has 0 aliphatic heterocycles. The molecule has 2 N–H and O–H groups in total. The number of aromatic amines is 1. The van der Waals surface area contributed by atoms with E-state index in [9.17, 15) is 9.59 Å². The van der Waals surface area contributed by atoms with Crippen LogP contribution in [0, 0.1) is 6.92 Å². The van der Waals surface area contributed by atoms with E-state index in [1.54, 1.807) is 49.0 Å². The number of halogens is 1. The highest BCUT2D eigenvalue weighted by Gasteiger charge is 2.18. The summed E-state index contributed by atoms with van der Waals surface area (Å²) >= 11 is 7.73. The van der Waals surface area contributed by atoms with Crippen molar-refractivity contribution in [2.24, 2.45) is 0 Å². The first-order chi connectivity index (χ1) is 16.9. The number of thioether (sulfide) groups is 1. The van der Waals surface area contributed by atoms with Crippen LogP contribution in [-0.2, 0) is 0 Å². The van der Waals surface area contributed by atoms with Crippen molar-refractivity contribution in [1.82, 2.24) is 29.5 Å². The molecule has 176 valence electrons. The molecule has 3 heterocycles. The number of nitrogens with one attached hydrogen (secondary N) is 2. The SMILES string of the molecule is CCSc1ccccc1C(=O)Nc1cc(C)nn1-c1nc2c(cnn2-c2cccc(Cl)c2)c(=O)[nH]1. The van der Waals surface area contributed by atoms with Crippen molar-refractivity contribution in [2.45, 2.75) is 18.7 Å². The summed E-state index contributed by atoms with van der Waals surface area (Å²) < 4.78 is 2.94. The number of carbonyl (C=O) groups excluding carboxylic acids is 1. The van der Waals surface area contributed by atoms with Gasteiger partial charge in [0.15, 0.2) is 5.65 Å². The van der Waals surface area contributed by atoms with E-state index in [0.717, 1.165) is 10.6 Å². The predicted octanol–water partition coefficient (Wildman–Crippen LogP) is 4.62. The summed E-state index contributed by atoms with van der Waals surface area (Å²) in [6.07, 6.45) is 1.45. The maximum atomic E-state index is 13.1. The molecule has 5 rings (SSSR count). The van der Waals surface area contributed by atoms with Crippen molar-refractivity contribution in [1.29, 1.82) is 0 Å². The molecule has 0 atom stereocenters. The number of aromatic nitrogens is 6. The summed E-state index contributed by atoms with van der Waals surface area (Å²) in [5.74, 6) is 1.08. The summed E-state index contributed by atoms with van der Waals surface area (Å²) in [7, 11) is 0. The largest absolute Gasteiger partial charge is 0.306 e. The van der Waals surface area contributed by atoms with Crippen LogP contribution in [0.1, 0.15) is 23.0 Å². The lowest BCUT2D eigenvalue weighted by Gasteiger charge is -2.11. The molecule has 0 aliphatic rings. The van der Waals surface area contributed by atoms with Gasteiger partial charge in [0.25, 0.3) is 11.5 Å². The number of carbonyl (C=O) groups is 1. The number of nitrogens with zero attached hydrogens (tertiary/aromatic N) is 5. The first-order valence-electron chi connectivity index (χ1n) is 10.8. The van der Waals surface area contributed by atoms with Gasteiger partial charge in [-0.15, -0.1) is 11.8 Å². The normalized spacial score (nSPS) is 11.2. The van der Waals surface area contributed by atoms with Crippen molar-refractivity contribution in [3.05, 3.63) is 87.4 Å². The van der Waals surface area contributed by atoms with Crippen molar-refractivity contribution >= 4 is 46.1 Å². The Labute approximate surface area is 209 Å². The molecule has 9 nitrogen and oxygen atoms in total. The summed E-state index contributed by atoms with van der Waals surface area (Å²) in [5, 5.41) is 12.5. The summed E-state index contributed by atoms with van der Waals surface area (Å²) in [5.41, 5.74) is 1.81. The standard InChI is InChI=1S/C24H20ClN7O2S/c1-3-35-19-10-5-4-9-17(19)22(33)27-20-11-14(2)30-32(20)24-28-21-18(23(34)29-24)13-26-31(21)16-8-6-7-15(25)12-16/h4-13H,3H2,1-2H3,(H,27,33)(H,28,29,34). The van der Waals surface area contributed by atoms with E-state index in [1.807, 2.05) is 31.2 Å². The number of rotatable bonds is 6. The second-order valence-corrected chi connectivity index (χ2v) is 9.37. The van der Waals surface area contributed by atoms with Gasteiger partial charge in [-0.05, 0) is 43.0 Å². The van der Waals surface area contributed by atoms with E-state index < -0.39 is 0 Å². The molecule has 11 heteroatoms. The van der Waals surface area contributed by atoms with E-state index in [4.69, 9.17) is 11.6 Å². The molecule has 1 amide bonds. The molecular weight excluding hydrogens is 486 g/mol. The average Bonchev–Trinajstić information content (AvgIpc) is 3.43. The fourth-order valence-electron chi connectivity index (χ4n) is 3.67. The molecule has 0 unspecified atom stereocenters. The Kier molecular flexibility index (Phi) is 6.14. The van der Waals surface area contributed by atoms with Gasteiger partial charge in [0, 0.05) is 16.0 Å². The zero-order valence-corrected chi connectivity index (χ0v) is 20.4. The number of aryl methyl sites for hydroxylation is 1.